The monoisotopic (exact) mass is 428 g/mol. The van der Waals surface area contributed by atoms with Gasteiger partial charge in [0.05, 0.1) is 5.02 Å². The summed E-state index contributed by atoms with van der Waals surface area (Å²) >= 11 is 7.98. The summed E-state index contributed by atoms with van der Waals surface area (Å²) in [6, 6.07) is 10.2. The van der Waals surface area contributed by atoms with Crippen LogP contribution in [0, 0.1) is 3.57 Å². The molecule has 0 aliphatic heterocycles. The first kappa shape index (κ1) is 16.4. The molecule has 0 aliphatic rings. The van der Waals surface area contributed by atoms with Crippen molar-refractivity contribution >= 4 is 34.2 Å². The largest absolute Gasteiger partial charge is 0.573 e. The molecule has 7 heteroatoms. The van der Waals surface area contributed by atoms with E-state index in [1.54, 1.807) is 12.1 Å². The van der Waals surface area contributed by atoms with Crippen LogP contribution in [-0.4, -0.2) is 11.5 Å². The molecule has 0 fully saturated rings. The molecule has 0 radical (unpaired) electrons. The maximum Gasteiger partial charge on any atom is 0.573 e. The SMILES string of the molecule is OC(c1ccc(I)c(Cl)c1)c1ccccc1OC(F)(F)F. The highest BCUT2D eigenvalue weighted by Crippen LogP contribution is 2.34. The van der Waals surface area contributed by atoms with Crippen molar-refractivity contribution in [2.45, 2.75) is 12.5 Å². The van der Waals surface area contributed by atoms with E-state index in [1.165, 1.54) is 24.3 Å². The Morgan fingerprint density at radius 1 is 1.14 bits per heavy atom. The summed E-state index contributed by atoms with van der Waals surface area (Å²) < 4.78 is 41.9. The van der Waals surface area contributed by atoms with Crippen LogP contribution in [0.5, 0.6) is 5.75 Å². The van der Waals surface area contributed by atoms with E-state index >= 15 is 0 Å². The zero-order valence-corrected chi connectivity index (χ0v) is 13.3. The van der Waals surface area contributed by atoms with Gasteiger partial charge in [0, 0.05) is 9.13 Å². The van der Waals surface area contributed by atoms with E-state index in [9.17, 15) is 18.3 Å². The van der Waals surface area contributed by atoms with Crippen LogP contribution in [0.3, 0.4) is 0 Å². The molecule has 0 aliphatic carbocycles. The van der Waals surface area contributed by atoms with Gasteiger partial charge in [-0.1, -0.05) is 35.9 Å². The van der Waals surface area contributed by atoms with Gasteiger partial charge in [0.2, 0.25) is 0 Å². The van der Waals surface area contributed by atoms with Crippen LogP contribution in [0.25, 0.3) is 0 Å². The van der Waals surface area contributed by atoms with Gasteiger partial charge in [0.25, 0.3) is 0 Å². The summed E-state index contributed by atoms with van der Waals surface area (Å²) in [7, 11) is 0. The Kier molecular flexibility index (Phi) is 5.00. The van der Waals surface area contributed by atoms with Gasteiger partial charge in [0.15, 0.2) is 0 Å². The Bertz CT molecular complexity index is 646. The fourth-order valence-electron chi connectivity index (χ4n) is 1.79. The second kappa shape index (κ2) is 6.41. The predicted molar refractivity (Wildman–Crippen MR) is 81.4 cm³/mol. The minimum Gasteiger partial charge on any atom is -0.405 e. The summed E-state index contributed by atoms with van der Waals surface area (Å²) in [4.78, 5) is 0. The van der Waals surface area contributed by atoms with Crippen molar-refractivity contribution in [1.29, 1.82) is 0 Å². The maximum atomic E-state index is 12.4. The Hall–Kier alpha value is -0.990. The highest BCUT2D eigenvalue weighted by molar-refractivity contribution is 14.1. The Balaban J connectivity index is 2.38. The third kappa shape index (κ3) is 4.24. The first-order chi connectivity index (χ1) is 9.78. The minimum atomic E-state index is -4.82. The zero-order chi connectivity index (χ0) is 15.6. The summed E-state index contributed by atoms with van der Waals surface area (Å²) in [5, 5.41) is 10.7. The summed E-state index contributed by atoms with van der Waals surface area (Å²) in [5.41, 5.74) is 0.408. The molecular formula is C14H9ClF3IO2. The number of benzene rings is 2. The fourth-order valence-corrected chi connectivity index (χ4v) is 2.31. The van der Waals surface area contributed by atoms with Gasteiger partial charge in [0.1, 0.15) is 11.9 Å². The number of alkyl halides is 3. The molecule has 1 unspecified atom stereocenters. The molecule has 0 heterocycles. The number of halogens is 5. The van der Waals surface area contributed by atoms with Crippen molar-refractivity contribution in [1.82, 2.24) is 0 Å². The van der Waals surface area contributed by atoms with Gasteiger partial charge in [-0.15, -0.1) is 13.2 Å². The molecule has 1 atom stereocenters. The van der Waals surface area contributed by atoms with Crippen molar-refractivity contribution < 1.29 is 23.0 Å². The molecular weight excluding hydrogens is 420 g/mol. The maximum absolute atomic E-state index is 12.4. The zero-order valence-electron chi connectivity index (χ0n) is 10.4. The summed E-state index contributed by atoms with van der Waals surface area (Å²) in [5.74, 6) is -0.438. The van der Waals surface area contributed by atoms with Gasteiger partial charge in [-0.05, 0) is 46.4 Å². The third-order valence-corrected chi connectivity index (χ3v) is 4.27. The van der Waals surface area contributed by atoms with Crippen LogP contribution in [-0.2, 0) is 0 Å². The second-order valence-corrected chi connectivity index (χ2v) is 5.73. The normalized spacial score (nSPS) is 13.0. The average molecular weight is 429 g/mol. The first-order valence-corrected chi connectivity index (χ1v) is 7.21. The van der Waals surface area contributed by atoms with Crippen molar-refractivity contribution in [3.05, 3.63) is 62.2 Å². The third-order valence-electron chi connectivity index (χ3n) is 2.70. The number of rotatable bonds is 3. The summed E-state index contributed by atoms with van der Waals surface area (Å²) in [6.07, 6.45) is -6.09. The molecule has 0 bridgehead atoms. The van der Waals surface area contributed by atoms with Crippen LogP contribution in [0.1, 0.15) is 17.2 Å². The van der Waals surface area contributed by atoms with Crippen molar-refractivity contribution in [3.63, 3.8) is 0 Å². The van der Waals surface area contributed by atoms with E-state index < -0.39 is 18.2 Å². The molecule has 0 aromatic heterocycles. The van der Waals surface area contributed by atoms with Gasteiger partial charge >= 0.3 is 6.36 Å². The lowest BCUT2D eigenvalue weighted by Crippen LogP contribution is -2.18. The fraction of sp³-hybridized carbons (Fsp3) is 0.143. The van der Waals surface area contributed by atoms with E-state index in [2.05, 4.69) is 4.74 Å². The molecule has 21 heavy (non-hydrogen) atoms. The molecule has 2 nitrogen and oxygen atoms in total. The Morgan fingerprint density at radius 3 is 2.43 bits per heavy atom. The molecule has 1 N–H and O–H groups in total. The van der Waals surface area contributed by atoms with Crippen LogP contribution in [0.4, 0.5) is 13.2 Å². The smallest absolute Gasteiger partial charge is 0.405 e. The van der Waals surface area contributed by atoms with Crippen molar-refractivity contribution in [2.75, 3.05) is 0 Å². The average Bonchev–Trinajstić information content (AvgIpc) is 2.40. The highest BCUT2D eigenvalue weighted by atomic mass is 127. The van der Waals surface area contributed by atoms with E-state index in [0.29, 0.717) is 10.6 Å². The quantitative estimate of drug-likeness (QED) is 0.703. The molecule has 2 aromatic rings. The van der Waals surface area contributed by atoms with Gasteiger partial charge in [-0.2, -0.15) is 0 Å². The number of hydrogen-bond acceptors (Lipinski definition) is 2. The lowest BCUT2D eigenvalue weighted by atomic mass is 10.0. The van der Waals surface area contributed by atoms with Crippen molar-refractivity contribution in [3.8, 4) is 5.75 Å². The molecule has 0 amide bonds. The molecule has 0 saturated carbocycles. The topological polar surface area (TPSA) is 29.5 Å². The number of para-hydroxylation sites is 1. The Labute approximate surface area is 137 Å². The molecule has 112 valence electrons. The van der Waals surface area contributed by atoms with Crippen molar-refractivity contribution in [2.24, 2.45) is 0 Å². The summed E-state index contributed by atoms with van der Waals surface area (Å²) in [6.45, 7) is 0. The standard InChI is InChI=1S/C14H9ClF3IO2/c15-10-7-8(5-6-11(10)19)13(20)9-3-1-2-4-12(9)21-14(16,17)18/h1-7,13,20H. The van der Waals surface area contributed by atoms with Crippen LogP contribution in [0.2, 0.25) is 5.02 Å². The number of ether oxygens (including phenoxy) is 1. The van der Waals surface area contributed by atoms with E-state index in [1.807, 2.05) is 22.6 Å². The van der Waals surface area contributed by atoms with Gasteiger partial charge < -0.3 is 9.84 Å². The number of hydrogen-bond donors (Lipinski definition) is 1. The number of aliphatic hydroxyl groups excluding tert-OH is 1. The first-order valence-electron chi connectivity index (χ1n) is 5.75. The lowest BCUT2D eigenvalue weighted by Gasteiger charge is -2.17. The van der Waals surface area contributed by atoms with Crippen LogP contribution in [0.15, 0.2) is 42.5 Å². The molecule has 0 saturated heterocycles. The molecule has 2 rings (SSSR count). The van der Waals surface area contributed by atoms with Gasteiger partial charge in [-0.3, -0.25) is 0 Å². The molecule has 0 spiro atoms. The predicted octanol–water partition coefficient (Wildman–Crippen LogP) is 4.92. The van der Waals surface area contributed by atoms with Crippen LogP contribution < -0.4 is 4.74 Å². The van der Waals surface area contributed by atoms with E-state index in [-0.39, 0.29) is 5.56 Å². The molecule has 2 aromatic carbocycles. The van der Waals surface area contributed by atoms with Crippen LogP contribution >= 0.6 is 34.2 Å². The van der Waals surface area contributed by atoms with E-state index in [4.69, 9.17) is 11.6 Å². The Morgan fingerprint density at radius 2 is 1.81 bits per heavy atom. The lowest BCUT2D eigenvalue weighted by molar-refractivity contribution is -0.275. The number of aliphatic hydroxyl groups is 1. The van der Waals surface area contributed by atoms with E-state index in [0.717, 1.165) is 9.64 Å². The minimum absolute atomic E-state index is 0.0205. The van der Waals surface area contributed by atoms with Gasteiger partial charge in [-0.25, -0.2) is 0 Å². The highest BCUT2D eigenvalue weighted by Gasteiger charge is 2.33. The second-order valence-electron chi connectivity index (χ2n) is 4.16.